The first-order valence-corrected chi connectivity index (χ1v) is 7.86. The van der Waals surface area contributed by atoms with Crippen LogP contribution in [0.2, 0.25) is 5.02 Å². The Morgan fingerprint density at radius 3 is 3.00 bits per heavy atom. The third-order valence-electron chi connectivity index (χ3n) is 3.14. The molecule has 0 radical (unpaired) electrons. The van der Waals surface area contributed by atoms with Crippen LogP contribution in [0.4, 0.5) is 5.69 Å². The summed E-state index contributed by atoms with van der Waals surface area (Å²) in [6.45, 7) is 0. The number of H-pyrrole nitrogens is 1. The van der Waals surface area contributed by atoms with Gasteiger partial charge in [-0.05, 0) is 30.5 Å². The maximum atomic E-state index is 12.4. The summed E-state index contributed by atoms with van der Waals surface area (Å²) in [6.07, 6.45) is 3.67. The zero-order valence-corrected chi connectivity index (χ0v) is 12.8. The van der Waals surface area contributed by atoms with Crippen molar-refractivity contribution in [2.75, 3.05) is 11.6 Å². The van der Waals surface area contributed by atoms with E-state index in [2.05, 4.69) is 15.5 Å². The van der Waals surface area contributed by atoms with Gasteiger partial charge in [0.05, 0.1) is 28.0 Å². The molecule has 0 aliphatic rings. The molecule has 3 rings (SSSR count). The summed E-state index contributed by atoms with van der Waals surface area (Å²) in [4.78, 5) is 13.4. The van der Waals surface area contributed by atoms with Gasteiger partial charge in [0, 0.05) is 10.3 Å². The van der Waals surface area contributed by atoms with E-state index in [0.717, 1.165) is 15.8 Å². The highest BCUT2D eigenvalue weighted by molar-refractivity contribution is 7.98. The first kappa shape index (κ1) is 14.0. The van der Waals surface area contributed by atoms with E-state index >= 15 is 0 Å². The molecule has 0 spiro atoms. The molecule has 3 aromatic rings. The van der Waals surface area contributed by atoms with Crippen molar-refractivity contribution in [1.29, 1.82) is 0 Å². The maximum Gasteiger partial charge on any atom is 0.257 e. The Bertz CT molecular complexity index is 816. The molecule has 1 heterocycles. The second-order valence-electron chi connectivity index (χ2n) is 4.44. The fraction of sp³-hybridized carbons (Fsp3) is 0.0667. The van der Waals surface area contributed by atoms with Crippen LogP contribution in [0.15, 0.2) is 47.5 Å². The van der Waals surface area contributed by atoms with Crippen LogP contribution in [0.25, 0.3) is 10.9 Å². The Morgan fingerprint density at radius 2 is 2.19 bits per heavy atom. The molecule has 21 heavy (non-hydrogen) atoms. The Kier molecular flexibility index (Phi) is 3.86. The van der Waals surface area contributed by atoms with Gasteiger partial charge in [-0.1, -0.05) is 23.7 Å². The molecule has 0 saturated heterocycles. The molecule has 6 heteroatoms. The Hall–Kier alpha value is -1.98. The molecule has 1 amide bonds. The number of amides is 1. The summed E-state index contributed by atoms with van der Waals surface area (Å²) in [5.74, 6) is -0.238. The number of rotatable bonds is 3. The third-order valence-corrected chi connectivity index (χ3v) is 4.20. The van der Waals surface area contributed by atoms with Gasteiger partial charge in [0.1, 0.15) is 0 Å². The van der Waals surface area contributed by atoms with Crippen LogP contribution < -0.4 is 5.32 Å². The second kappa shape index (κ2) is 5.79. The van der Waals surface area contributed by atoms with Gasteiger partial charge in [0.25, 0.3) is 5.91 Å². The van der Waals surface area contributed by atoms with Crippen LogP contribution in [-0.4, -0.2) is 22.4 Å². The maximum absolute atomic E-state index is 12.4. The molecule has 106 valence electrons. The number of carbonyl (C=O) groups excluding carboxylic acids is 1. The summed E-state index contributed by atoms with van der Waals surface area (Å²) >= 11 is 7.69. The third kappa shape index (κ3) is 2.75. The first-order chi connectivity index (χ1) is 10.2. The van der Waals surface area contributed by atoms with Crippen molar-refractivity contribution in [3.63, 3.8) is 0 Å². The predicted molar refractivity (Wildman–Crippen MR) is 87.3 cm³/mol. The molecule has 0 unspecified atom stereocenters. The standard InChI is InChI=1S/C15H12ClN3OS/c1-21-10-5-6-12(16)11(7-10)15(20)18-13-4-2-3-9-8-17-19-14(9)13/h2-8H,1H3,(H,17,19)(H,18,20). The quantitative estimate of drug-likeness (QED) is 0.712. The summed E-state index contributed by atoms with van der Waals surface area (Å²) in [5, 5.41) is 11.1. The number of aromatic amines is 1. The molecule has 2 N–H and O–H groups in total. The number of benzene rings is 2. The number of hydrogen-bond acceptors (Lipinski definition) is 3. The summed E-state index contributed by atoms with van der Waals surface area (Å²) < 4.78 is 0. The Morgan fingerprint density at radius 1 is 1.33 bits per heavy atom. The van der Waals surface area contributed by atoms with Gasteiger partial charge in [-0.15, -0.1) is 11.8 Å². The monoisotopic (exact) mass is 317 g/mol. The smallest absolute Gasteiger partial charge is 0.257 e. The van der Waals surface area contributed by atoms with E-state index < -0.39 is 0 Å². The highest BCUT2D eigenvalue weighted by Crippen LogP contribution is 2.25. The average Bonchev–Trinajstić information content (AvgIpc) is 2.97. The van der Waals surface area contributed by atoms with Crippen LogP contribution in [0.3, 0.4) is 0 Å². The van der Waals surface area contributed by atoms with E-state index in [1.54, 1.807) is 30.1 Å². The number of aromatic nitrogens is 2. The molecule has 0 aliphatic heterocycles. The first-order valence-electron chi connectivity index (χ1n) is 6.26. The predicted octanol–water partition coefficient (Wildman–Crippen LogP) is 4.19. The topological polar surface area (TPSA) is 57.8 Å². The minimum atomic E-state index is -0.238. The molecular formula is C15H12ClN3OS. The number of thioether (sulfide) groups is 1. The molecular weight excluding hydrogens is 306 g/mol. The number of nitrogens with zero attached hydrogens (tertiary/aromatic N) is 1. The Labute approximate surface area is 130 Å². The highest BCUT2D eigenvalue weighted by atomic mass is 35.5. The fourth-order valence-corrected chi connectivity index (χ4v) is 2.71. The zero-order valence-electron chi connectivity index (χ0n) is 11.2. The van der Waals surface area contributed by atoms with Crippen LogP contribution in [0.1, 0.15) is 10.4 Å². The van der Waals surface area contributed by atoms with E-state index in [1.165, 1.54) is 0 Å². The van der Waals surface area contributed by atoms with Gasteiger partial charge in [-0.25, -0.2) is 0 Å². The lowest BCUT2D eigenvalue weighted by atomic mass is 10.2. The normalized spacial score (nSPS) is 10.8. The van der Waals surface area contributed by atoms with Gasteiger partial charge >= 0.3 is 0 Å². The lowest BCUT2D eigenvalue weighted by molar-refractivity contribution is 0.102. The molecule has 0 atom stereocenters. The Balaban J connectivity index is 1.95. The number of nitrogens with one attached hydrogen (secondary N) is 2. The zero-order chi connectivity index (χ0) is 14.8. The number of fused-ring (bicyclic) bond motifs is 1. The van der Waals surface area contributed by atoms with Crippen molar-refractivity contribution in [2.45, 2.75) is 4.90 Å². The van der Waals surface area contributed by atoms with Crippen LogP contribution >= 0.6 is 23.4 Å². The van der Waals surface area contributed by atoms with Crippen molar-refractivity contribution in [3.05, 3.63) is 53.2 Å². The molecule has 0 aliphatic carbocycles. The summed E-state index contributed by atoms with van der Waals surface area (Å²) in [7, 11) is 0. The molecule has 0 saturated carbocycles. The van der Waals surface area contributed by atoms with Crippen molar-refractivity contribution in [2.24, 2.45) is 0 Å². The van der Waals surface area contributed by atoms with Crippen molar-refractivity contribution in [3.8, 4) is 0 Å². The summed E-state index contributed by atoms with van der Waals surface area (Å²) in [5.41, 5.74) is 1.93. The van der Waals surface area contributed by atoms with E-state index in [-0.39, 0.29) is 5.91 Å². The van der Waals surface area contributed by atoms with E-state index in [0.29, 0.717) is 16.3 Å². The molecule has 1 aromatic heterocycles. The van der Waals surface area contributed by atoms with Crippen LogP contribution in [0.5, 0.6) is 0 Å². The van der Waals surface area contributed by atoms with Crippen molar-refractivity contribution < 1.29 is 4.79 Å². The lowest BCUT2D eigenvalue weighted by Crippen LogP contribution is -2.13. The van der Waals surface area contributed by atoms with E-state index in [9.17, 15) is 4.79 Å². The largest absolute Gasteiger partial charge is 0.320 e. The summed E-state index contributed by atoms with van der Waals surface area (Å²) in [6, 6.07) is 11.0. The van der Waals surface area contributed by atoms with Gasteiger partial charge in [-0.2, -0.15) is 5.10 Å². The van der Waals surface area contributed by atoms with Crippen molar-refractivity contribution >= 4 is 45.9 Å². The highest BCUT2D eigenvalue weighted by Gasteiger charge is 2.13. The lowest BCUT2D eigenvalue weighted by Gasteiger charge is -2.09. The number of hydrogen-bond donors (Lipinski definition) is 2. The average molecular weight is 318 g/mol. The molecule has 0 fully saturated rings. The minimum Gasteiger partial charge on any atom is -0.320 e. The number of para-hydroxylation sites is 1. The van der Waals surface area contributed by atoms with Crippen molar-refractivity contribution in [1.82, 2.24) is 10.2 Å². The molecule has 0 bridgehead atoms. The van der Waals surface area contributed by atoms with E-state index in [4.69, 9.17) is 11.6 Å². The minimum absolute atomic E-state index is 0.238. The van der Waals surface area contributed by atoms with Gasteiger partial charge in [0.2, 0.25) is 0 Å². The second-order valence-corrected chi connectivity index (χ2v) is 5.73. The van der Waals surface area contributed by atoms with Gasteiger partial charge in [0.15, 0.2) is 0 Å². The molecule has 4 nitrogen and oxygen atoms in total. The number of anilines is 1. The van der Waals surface area contributed by atoms with E-state index in [1.807, 2.05) is 30.5 Å². The number of halogens is 1. The number of carbonyl (C=O) groups is 1. The van der Waals surface area contributed by atoms with Crippen LogP contribution in [0, 0.1) is 0 Å². The van der Waals surface area contributed by atoms with Crippen LogP contribution in [-0.2, 0) is 0 Å². The molecule has 2 aromatic carbocycles. The van der Waals surface area contributed by atoms with Gasteiger partial charge < -0.3 is 5.32 Å². The SMILES string of the molecule is CSc1ccc(Cl)c(C(=O)Nc2cccc3cn[nH]c23)c1. The fourth-order valence-electron chi connectivity index (χ4n) is 2.07. The van der Waals surface area contributed by atoms with Gasteiger partial charge in [-0.3, -0.25) is 9.89 Å².